The van der Waals surface area contributed by atoms with Crippen LogP contribution >= 0.6 is 0 Å². The molecule has 0 aromatic carbocycles. The highest BCUT2D eigenvalue weighted by Crippen LogP contribution is 2.20. The largest absolute Gasteiger partial charge is 0.480 e. The fourth-order valence-electron chi connectivity index (χ4n) is 1.77. The monoisotopic (exact) mass is 289 g/mol. The number of aliphatic carboxylic acids is 1. The van der Waals surface area contributed by atoms with Crippen LogP contribution in [0.25, 0.3) is 0 Å². The number of carboxylic acid groups (broad SMARTS) is 1. The lowest BCUT2D eigenvalue weighted by Gasteiger charge is -2.13. The second-order valence-corrected chi connectivity index (χ2v) is 6.11. The summed E-state index contributed by atoms with van der Waals surface area (Å²) in [5, 5.41) is 9.03. The number of unbranched alkanes of at least 4 members (excludes halogenated alkanes) is 1. The van der Waals surface area contributed by atoms with Crippen molar-refractivity contribution in [2.45, 2.75) is 51.0 Å². The average Bonchev–Trinajstić information content (AvgIpc) is 2.64. The first-order valence-corrected chi connectivity index (χ1v) is 7.58. The Morgan fingerprint density at radius 2 is 2.11 bits per heavy atom. The van der Waals surface area contributed by atoms with Gasteiger partial charge >= 0.3 is 5.97 Å². The molecule has 108 valence electrons. The van der Waals surface area contributed by atoms with E-state index in [1.54, 1.807) is 6.92 Å². The van der Waals surface area contributed by atoms with Gasteiger partial charge in [0.25, 0.3) is 0 Å². The first-order valence-electron chi connectivity index (χ1n) is 6.10. The van der Waals surface area contributed by atoms with Crippen LogP contribution in [0.5, 0.6) is 0 Å². The number of sulfonamides is 1. The summed E-state index contributed by atoms with van der Waals surface area (Å²) in [5.41, 5.74) is 0. The molecule has 1 rings (SSSR count). The van der Waals surface area contributed by atoms with E-state index in [9.17, 15) is 13.2 Å². The van der Waals surface area contributed by atoms with Crippen LogP contribution in [0.1, 0.15) is 37.7 Å². The summed E-state index contributed by atoms with van der Waals surface area (Å²) in [6.07, 6.45) is 1.71. The molecule has 1 aromatic heterocycles. The maximum atomic E-state index is 12.1. The maximum Gasteiger partial charge on any atom is 0.321 e. The lowest BCUT2D eigenvalue weighted by molar-refractivity contribution is -0.139. The summed E-state index contributed by atoms with van der Waals surface area (Å²) in [4.78, 5) is 11.0. The van der Waals surface area contributed by atoms with Gasteiger partial charge in [-0.2, -0.15) is 4.72 Å². The standard InChI is InChI=1S/C12H19NO5S/c1-4-5-6-10(12(14)15)13-19(16,17)11-7-8(2)18-9(11)3/h7,10,13H,4-6H2,1-3H3,(H,14,15). The minimum atomic E-state index is -3.87. The third kappa shape index (κ3) is 4.07. The van der Waals surface area contributed by atoms with E-state index in [2.05, 4.69) is 4.72 Å². The molecule has 0 fully saturated rings. The molecule has 0 aliphatic heterocycles. The molecular formula is C12H19NO5S. The minimum Gasteiger partial charge on any atom is -0.480 e. The molecule has 0 aliphatic carbocycles. The summed E-state index contributed by atoms with van der Waals surface area (Å²) in [6, 6.07) is 0.274. The van der Waals surface area contributed by atoms with Gasteiger partial charge in [0.05, 0.1) is 0 Å². The second-order valence-electron chi connectivity index (χ2n) is 4.43. The van der Waals surface area contributed by atoms with E-state index < -0.39 is 22.0 Å². The predicted molar refractivity (Wildman–Crippen MR) is 69.5 cm³/mol. The quantitative estimate of drug-likeness (QED) is 0.798. The Balaban J connectivity index is 2.94. The zero-order valence-electron chi connectivity index (χ0n) is 11.3. The smallest absolute Gasteiger partial charge is 0.321 e. The number of nitrogens with one attached hydrogen (secondary N) is 1. The van der Waals surface area contributed by atoms with Gasteiger partial charge in [-0.25, -0.2) is 8.42 Å². The maximum absolute atomic E-state index is 12.1. The molecule has 19 heavy (non-hydrogen) atoms. The molecule has 1 aromatic rings. The minimum absolute atomic E-state index is 0.00671. The number of hydrogen-bond acceptors (Lipinski definition) is 4. The molecule has 1 heterocycles. The van der Waals surface area contributed by atoms with Crippen LogP contribution in [0.4, 0.5) is 0 Å². The predicted octanol–water partition coefficient (Wildman–Crippen LogP) is 1.82. The van der Waals surface area contributed by atoms with Crippen molar-refractivity contribution in [2.24, 2.45) is 0 Å². The third-order valence-electron chi connectivity index (χ3n) is 2.73. The normalized spacial score (nSPS) is 13.4. The van der Waals surface area contributed by atoms with Crippen LogP contribution in [0.15, 0.2) is 15.4 Å². The Kier molecular flexibility index (Phi) is 5.13. The van der Waals surface area contributed by atoms with Crippen LogP contribution in [-0.2, 0) is 14.8 Å². The van der Waals surface area contributed by atoms with Crippen molar-refractivity contribution in [3.63, 3.8) is 0 Å². The van der Waals surface area contributed by atoms with Crippen molar-refractivity contribution in [3.8, 4) is 0 Å². The van der Waals surface area contributed by atoms with Crippen molar-refractivity contribution in [3.05, 3.63) is 17.6 Å². The topological polar surface area (TPSA) is 96.6 Å². The number of rotatable bonds is 7. The zero-order valence-corrected chi connectivity index (χ0v) is 12.1. The van der Waals surface area contributed by atoms with Crippen LogP contribution in [0.2, 0.25) is 0 Å². The summed E-state index contributed by atoms with van der Waals surface area (Å²) >= 11 is 0. The van der Waals surface area contributed by atoms with E-state index in [0.717, 1.165) is 6.42 Å². The van der Waals surface area contributed by atoms with Crippen LogP contribution in [-0.4, -0.2) is 25.5 Å². The Bertz CT molecular complexity index is 546. The second kappa shape index (κ2) is 6.21. The number of carboxylic acids is 1. The van der Waals surface area contributed by atoms with Gasteiger partial charge < -0.3 is 9.52 Å². The van der Waals surface area contributed by atoms with Gasteiger partial charge in [-0.1, -0.05) is 19.8 Å². The molecular weight excluding hydrogens is 270 g/mol. The molecule has 0 bridgehead atoms. The summed E-state index contributed by atoms with van der Waals surface area (Å²) < 4.78 is 31.6. The summed E-state index contributed by atoms with van der Waals surface area (Å²) in [5.74, 6) is -0.446. The first kappa shape index (κ1) is 15.7. The van der Waals surface area contributed by atoms with Gasteiger partial charge in [-0.05, 0) is 26.3 Å². The molecule has 0 amide bonds. The van der Waals surface area contributed by atoms with Crippen molar-refractivity contribution < 1.29 is 22.7 Å². The fourth-order valence-corrected chi connectivity index (χ4v) is 3.23. The molecule has 0 radical (unpaired) electrons. The molecule has 0 saturated heterocycles. The fraction of sp³-hybridized carbons (Fsp3) is 0.583. The average molecular weight is 289 g/mol. The molecule has 1 atom stereocenters. The van der Waals surface area contributed by atoms with Gasteiger partial charge in [0.15, 0.2) is 0 Å². The highest BCUT2D eigenvalue weighted by molar-refractivity contribution is 7.89. The van der Waals surface area contributed by atoms with Crippen LogP contribution < -0.4 is 4.72 Å². The van der Waals surface area contributed by atoms with E-state index >= 15 is 0 Å². The van der Waals surface area contributed by atoms with E-state index in [1.165, 1.54) is 13.0 Å². The zero-order chi connectivity index (χ0) is 14.6. The number of aryl methyl sites for hydroxylation is 2. The molecule has 2 N–H and O–H groups in total. The van der Waals surface area contributed by atoms with Gasteiger partial charge in [0, 0.05) is 0 Å². The van der Waals surface area contributed by atoms with Gasteiger partial charge in [-0.3, -0.25) is 4.79 Å². The van der Waals surface area contributed by atoms with Gasteiger partial charge in [-0.15, -0.1) is 0 Å². The Morgan fingerprint density at radius 3 is 2.53 bits per heavy atom. The van der Waals surface area contributed by atoms with E-state index in [0.29, 0.717) is 12.2 Å². The van der Waals surface area contributed by atoms with Crippen molar-refractivity contribution >= 4 is 16.0 Å². The van der Waals surface area contributed by atoms with Crippen molar-refractivity contribution in [2.75, 3.05) is 0 Å². The van der Waals surface area contributed by atoms with Crippen LogP contribution in [0.3, 0.4) is 0 Å². The van der Waals surface area contributed by atoms with E-state index in [-0.39, 0.29) is 17.1 Å². The highest BCUT2D eigenvalue weighted by Gasteiger charge is 2.27. The molecule has 7 heteroatoms. The van der Waals surface area contributed by atoms with Crippen molar-refractivity contribution in [1.82, 2.24) is 4.72 Å². The summed E-state index contributed by atoms with van der Waals surface area (Å²) in [7, 11) is -3.87. The highest BCUT2D eigenvalue weighted by atomic mass is 32.2. The van der Waals surface area contributed by atoms with E-state index in [4.69, 9.17) is 9.52 Å². The van der Waals surface area contributed by atoms with E-state index in [1.807, 2.05) is 6.92 Å². The molecule has 0 aliphatic rings. The number of carbonyl (C=O) groups is 1. The van der Waals surface area contributed by atoms with Crippen molar-refractivity contribution in [1.29, 1.82) is 0 Å². The third-order valence-corrected chi connectivity index (χ3v) is 4.31. The van der Waals surface area contributed by atoms with Crippen LogP contribution in [0, 0.1) is 13.8 Å². The molecule has 6 nitrogen and oxygen atoms in total. The lowest BCUT2D eigenvalue weighted by Crippen LogP contribution is -2.40. The Morgan fingerprint density at radius 1 is 1.47 bits per heavy atom. The first-order chi connectivity index (χ1) is 8.77. The number of hydrogen-bond donors (Lipinski definition) is 2. The molecule has 0 spiro atoms. The Hall–Kier alpha value is -1.34. The Labute approximate surface area is 112 Å². The molecule has 1 unspecified atom stereocenters. The van der Waals surface area contributed by atoms with Gasteiger partial charge in [0.2, 0.25) is 10.0 Å². The molecule has 0 saturated carbocycles. The number of furan rings is 1. The summed E-state index contributed by atoms with van der Waals surface area (Å²) in [6.45, 7) is 5.08. The van der Waals surface area contributed by atoms with Gasteiger partial charge in [0.1, 0.15) is 22.5 Å². The SMILES string of the molecule is CCCCC(NS(=O)(=O)c1cc(C)oc1C)C(=O)O. The lowest BCUT2D eigenvalue weighted by atomic mass is 10.1.